The quantitative estimate of drug-likeness (QED) is 0.715. The maximum atomic E-state index is 13.0. The Bertz CT molecular complexity index is 795. The summed E-state index contributed by atoms with van der Waals surface area (Å²) < 4.78 is 0. The molecule has 0 N–H and O–H groups in total. The highest BCUT2D eigenvalue weighted by molar-refractivity contribution is 5.93. The highest BCUT2D eigenvalue weighted by Gasteiger charge is 2.20. The van der Waals surface area contributed by atoms with Gasteiger partial charge in [-0.25, -0.2) is 0 Å². The van der Waals surface area contributed by atoms with E-state index >= 15 is 0 Å². The molecule has 0 aliphatic carbocycles. The van der Waals surface area contributed by atoms with Gasteiger partial charge in [-0.15, -0.1) is 0 Å². The standard InChI is InChI=1S/C24H30N2O2/c1-19(2)15-24(28)26(18-20-9-4-3-5-10-20)22-12-8-11-21(16-22)17-23(27)25-13-6-7-14-25/h3-5,8-12,16,19H,6-7,13-15,17-18H2,1-2H3. The van der Waals surface area contributed by atoms with Crippen LogP contribution in [0.5, 0.6) is 0 Å². The number of anilines is 1. The molecule has 28 heavy (non-hydrogen) atoms. The zero-order valence-electron chi connectivity index (χ0n) is 16.9. The maximum absolute atomic E-state index is 13.0. The Morgan fingerprint density at radius 2 is 1.64 bits per heavy atom. The minimum absolute atomic E-state index is 0.113. The number of carbonyl (C=O) groups excluding carboxylic acids is 2. The average Bonchev–Trinajstić information content (AvgIpc) is 3.21. The average molecular weight is 379 g/mol. The van der Waals surface area contributed by atoms with E-state index in [1.54, 1.807) is 0 Å². The molecule has 0 aromatic heterocycles. The van der Waals surface area contributed by atoms with E-state index < -0.39 is 0 Å². The first-order valence-corrected chi connectivity index (χ1v) is 10.2. The predicted molar refractivity (Wildman–Crippen MR) is 113 cm³/mol. The second kappa shape index (κ2) is 9.54. The van der Waals surface area contributed by atoms with Crippen LogP contribution in [-0.4, -0.2) is 29.8 Å². The first-order valence-electron chi connectivity index (χ1n) is 10.2. The molecule has 1 heterocycles. The Hall–Kier alpha value is -2.62. The number of benzene rings is 2. The molecule has 2 aromatic carbocycles. The lowest BCUT2D eigenvalue weighted by atomic mass is 10.1. The number of nitrogens with zero attached hydrogens (tertiary/aromatic N) is 2. The fourth-order valence-corrected chi connectivity index (χ4v) is 3.64. The van der Waals surface area contributed by atoms with Gasteiger partial charge in [0.1, 0.15) is 0 Å². The van der Waals surface area contributed by atoms with E-state index in [2.05, 4.69) is 13.8 Å². The summed E-state index contributed by atoms with van der Waals surface area (Å²) in [7, 11) is 0. The van der Waals surface area contributed by atoms with Crippen LogP contribution in [-0.2, 0) is 22.6 Å². The third kappa shape index (κ3) is 5.44. The van der Waals surface area contributed by atoms with E-state index in [-0.39, 0.29) is 11.8 Å². The van der Waals surface area contributed by atoms with Crippen LogP contribution in [0.4, 0.5) is 5.69 Å². The zero-order valence-corrected chi connectivity index (χ0v) is 16.9. The number of amides is 2. The number of carbonyl (C=O) groups is 2. The summed E-state index contributed by atoms with van der Waals surface area (Å²) >= 11 is 0. The van der Waals surface area contributed by atoms with Gasteiger partial charge in [0.25, 0.3) is 0 Å². The van der Waals surface area contributed by atoms with Gasteiger partial charge in [0, 0.05) is 25.2 Å². The molecule has 1 saturated heterocycles. The largest absolute Gasteiger partial charge is 0.342 e. The molecule has 1 aliphatic heterocycles. The van der Waals surface area contributed by atoms with Crippen molar-refractivity contribution in [3.05, 3.63) is 65.7 Å². The molecule has 4 nitrogen and oxygen atoms in total. The van der Waals surface area contributed by atoms with Crippen molar-refractivity contribution in [2.75, 3.05) is 18.0 Å². The summed E-state index contributed by atoms with van der Waals surface area (Å²) in [6, 6.07) is 17.9. The smallest absolute Gasteiger partial charge is 0.227 e. The first-order chi connectivity index (χ1) is 13.5. The first kappa shape index (κ1) is 20.1. The molecule has 0 bridgehead atoms. The van der Waals surface area contributed by atoms with Crippen LogP contribution in [0.15, 0.2) is 54.6 Å². The molecule has 1 aliphatic rings. The van der Waals surface area contributed by atoms with Gasteiger partial charge >= 0.3 is 0 Å². The Kier molecular flexibility index (Phi) is 6.85. The van der Waals surface area contributed by atoms with Gasteiger partial charge in [-0.2, -0.15) is 0 Å². The molecule has 2 aromatic rings. The van der Waals surface area contributed by atoms with Crippen LogP contribution in [0, 0.1) is 5.92 Å². The Labute approximate surface area is 168 Å². The summed E-state index contributed by atoms with van der Waals surface area (Å²) in [5.74, 6) is 0.588. The van der Waals surface area contributed by atoms with Crippen LogP contribution in [0.2, 0.25) is 0 Å². The van der Waals surface area contributed by atoms with Gasteiger partial charge in [0.05, 0.1) is 13.0 Å². The maximum Gasteiger partial charge on any atom is 0.227 e. The van der Waals surface area contributed by atoms with Gasteiger partial charge in [-0.1, -0.05) is 56.3 Å². The molecular weight excluding hydrogens is 348 g/mol. The van der Waals surface area contributed by atoms with Crippen molar-refractivity contribution in [2.24, 2.45) is 5.92 Å². The van der Waals surface area contributed by atoms with E-state index in [0.717, 1.165) is 42.7 Å². The topological polar surface area (TPSA) is 40.6 Å². The molecule has 148 valence electrons. The predicted octanol–water partition coefficient (Wildman–Crippen LogP) is 4.43. The minimum atomic E-state index is 0.113. The van der Waals surface area contributed by atoms with Gasteiger partial charge in [-0.05, 0) is 42.0 Å². The van der Waals surface area contributed by atoms with Crippen LogP contribution >= 0.6 is 0 Å². The van der Waals surface area contributed by atoms with Gasteiger partial charge in [-0.3, -0.25) is 9.59 Å². The zero-order chi connectivity index (χ0) is 19.9. The molecule has 0 radical (unpaired) electrons. The Balaban J connectivity index is 1.80. The minimum Gasteiger partial charge on any atom is -0.342 e. The molecule has 0 unspecified atom stereocenters. The molecule has 3 rings (SSSR count). The van der Waals surface area contributed by atoms with Gasteiger partial charge < -0.3 is 9.80 Å². The van der Waals surface area contributed by atoms with Crippen molar-refractivity contribution in [3.8, 4) is 0 Å². The monoisotopic (exact) mass is 378 g/mol. The second-order valence-electron chi connectivity index (χ2n) is 8.00. The SMILES string of the molecule is CC(C)CC(=O)N(Cc1ccccc1)c1cccc(CC(=O)N2CCCC2)c1. The molecule has 4 heteroatoms. The van der Waals surface area contributed by atoms with E-state index in [1.807, 2.05) is 64.4 Å². The number of hydrogen-bond donors (Lipinski definition) is 0. The van der Waals surface area contributed by atoms with Gasteiger partial charge in [0.2, 0.25) is 11.8 Å². The van der Waals surface area contributed by atoms with Crippen molar-refractivity contribution >= 4 is 17.5 Å². The van der Waals surface area contributed by atoms with E-state index in [1.165, 1.54) is 0 Å². The number of rotatable bonds is 7. The third-order valence-corrected chi connectivity index (χ3v) is 5.10. The number of likely N-dealkylation sites (tertiary alicyclic amines) is 1. The molecule has 2 amide bonds. The molecule has 0 atom stereocenters. The molecule has 0 saturated carbocycles. The lowest BCUT2D eigenvalue weighted by molar-refractivity contribution is -0.129. The van der Waals surface area contributed by atoms with Gasteiger partial charge in [0.15, 0.2) is 0 Å². The third-order valence-electron chi connectivity index (χ3n) is 5.10. The summed E-state index contributed by atoms with van der Waals surface area (Å²) in [5, 5.41) is 0. The fraction of sp³-hybridized carbons (Fsp3) is 0.417. The second-order valence-corrected chi connectivity index (χ2v) is 8.00. The lowest BCUT2D eigenvalue weighted by Gasteiger charge is -2.25. The molecular formula is C24H30N2O2. The van der Waals surface area contributed by atoms with E-state index in [9.17, 15) is 9.59 Å². The van der Waals surface area contributed by atoms with Crippen LogP contribution in [0.25, 0.3) is 0 Å². The normalized spacial score (nSPS) is 13.8. The number of hydrogen-bond acceptors (Lipinski definition) is 2. The molecule has 0 spiro atoms. The van der Waals surface area contributed by atoms with Crippen LogP contribution in [0.1, 0.15) is 44.2 Å². The fourth-order valence-electron chi connectivity index (χ4n) is 3.64. The lowest BCUT2D eigenvalue weighted by Crippen LogP contribution is -2.31. The van der Waals surface area contributed by atoms with Crippen LogP contribution < -0.4 is 4.90 Å². The van der Waals surface area contributed by atoms with Crippen molar-refractivity contribution in [1.29, 1.82) is 0 Å². The summed E-state index contributed by atoms with van der Waals surface area (Å²) in [6.45, 7) is 6.39. The summed E-state index contributed by atoms with van der Waals surface area (Å²) in [4.78, 5) is 29.3. The van der Waals surface area contributed by atoms with Crippen LogP contribution in [0.3, 0.4) is 0 Å². The highest BCUT2D eigenvalue weighted by Crippen LogP contribution is 2.22. The summed E-state index contributed by atoms with van der Waals surface area (Å²) in [6.07, 6.45) is 3.09. The van der Waals surface area contributed by atoms with E-state index in [0.29, 0.717) is 25.3 Å². The van der Waals surface area contributed by atoms with Crippen molar-refractivity contribution in [1.82, 2.24) is 4.90 Å². The van der Waals surface area contributed by atoms with Crippen molar-refractivity contribution < 1.29 is 9.59 Å². The van der Waals surface area contributed by atoms with E-state index in [4.69, 9.17) is 0 Å². The Morgan fingerprint density at radius 1 is 0.964 bits per heavy atom. The highest BCUT2D eigenvalue weighted by atomic mass is 16.2. The summed E-state index contributed by atoms with van der Waals surface area (Å²) in [5.41, 5.74) is 2.92. The van der Waals surface area contributed by atoms with Crippen molar-refractivity contribution in [3.63, 3.8) is 0 Å². The van der Waals surface area contributed by atoms with Crippen molar-refractivity contribution in [2.45, 2.75) is 46.1 Å². The Morgan fingerprint density at radius 3 is 2.32 bits per heavy atom. The molecule has 1 fully saturated rings.